The highest BCUT2D eigenvalue weighted by atomic mass is 16.5. The molecule has 1 aromatic carbocycles. The molecule has 1 aromatic heterocycles. The number of amides is 3. The quantitative estimate of drug-likeness (QED) is 0.714. The summed E-state index contributed by atoms with van der Waals surface area (Å²) in [6.45, 7) is 1.51. The number of imide groups is 1. The first-order valence-corrected chi connectivity index (χ1v) is 5.89. The summed E-state index contributed by atoms with van der Waals surface area (Å²) in [5.74, 6) is -0.166. The molecule has 0 aliphatic rings. The Morgan fingerprint density at radius 2 is 2.10 bits per heavy atom. The van der Waals surface area contributed by atoms with Gasteiger partial charge in [-0.3, -0.25) is 15.1 Å². The number of benzene rings is 1. The van der Waals surface area contributed by atoms with Crippen molar-refractivity contribution in [3.05, 3.63) is 30.5 Å². The van der Waals surface area contributed by atoms with Crippen molar-refractivity contribution in [1.82, 2.24) is 10.3 Å². The van der Waals surface area contributed by atoms with Crippen molar-refractivity contribution in [2.24, 2.45) is 5.73 Å². The second-order valence-electron chi connectivity index (χ2n) is 4.17. The van der Waals surface area contributed by atoms with E-state index in [1.54, 1.807) is 30.5 Å². The SMILES string of the molecule is CC(Oc1ccc(N)c2ncccc12)C(=O)NC(N)=O. The van der Waals surface area contributed by atoms with Gasteiger partial charge >= 0.3 is 6.03 Å². The van der Waals surface area contributed by atoms with Crippen LogP contribution in [0.15, 0.2) is 30.5 Å². The van der Waals surface area contributed by atoms with Gasteiger partial charge in [0.25, 0.3) is 5.91 Å². The Balaban J connectivity index is 2.28. The summed E-state index contributed by atoms with van der Waals surface area (Å²) in [6, 6.07) is 5.89. The number of nitrogens with zero attached hydrogens (tertiary/aromatic N) is 1. The Bertz CT molecular complexity index is 672. The van der Waals surface area contributed by atoms with Crippen LogP contribution in [0.25, 0.3) is 10.9 Å². The molecule has 1 unspecified atom stereocenters. The normalized spacial score (nSPS) is 11.8. The molecule has 0 saturated heterocycles. The van der Waals surface area contributed by atoms with Gasteiger partial charge in [-0.25, -0.2) is 4.79 Å². The zero-order chi connectivity index (χ0) is 14.7. The molecule has 0 aliphatic carbocycles. The maximum Gasteiger partial charge on any atom is 0.318 e. The van der Waals surface area contributed by atoms with Crippen molar-refractivity contribution in [3.63, 3.8) is 0 Å². The Morgan fingerprint density at radius 3 is 2.80 bits per heavy atom. The molecule has 3 amide bonds. The number of carbonyl (C=O) groups excluding carboxylic acids is 2. The number of pyridine rings is 1. The first-order chi connectivity index (χ1) is 9.49. The van der Waals surface area contributed by atoms with E-state index in [4.69, 9.17) is 16.2 Å². The van der Waals surface area contributed by atoms with E-state index in [0.717, 1.165) is 0 Å². The summed E-state index contributed by atoms with van der Waals surface area (Å²) < 4.78 is 5.53. The lowest BCUT2D eigenvalue weighted by atomic mass is 10.1. The molecule has 7 nitrogen and oxygen atoms in total. The standard InChI is InChI=1S/C13H14N4O3/c1-7(12(18)17-13(15)19)20-10-5-4-9(14)11-8(10)3-2-6-16-11/h2-7H,14H2,1H3,(H3,15,17,18,19). The molecule has 0 fully saturated rings. The molecule has 20 heavy (non-hydrogen) atoms. The molecule has 7 heteroatoms. The van der Waals surface area contributed by atoms with Gasteiger partial charge < -0.3 is 16.2 Å². The van der Waals surface area contributed by atoms with Crippen LogP contribution < -0.4 is 21.5 Å². The first-order valence-electron chi connectivity index (χ1n) is 5.89. The minimum absolute atomic E-state index is 0.453. The van der Waals surface area contributed by atoms with Crippen molar-refractivity contribution < 1.29 is 14.3 Å². The Labute approximate surface area is 114 Å². The Morgan fingerprint density at radius 1 is 1.35 bits per heavy atom. The topological polar surface area (TPSA) is 120 Å². The van der Waals surface area contributed by atoms with Gasteiger partial charge in [0.1, 0.15) is 5.75 Å². The van der Waals surface area contributed by atoms with Crippen LogP contribution in [0.1, 0.15) is 6.92 Å². The highest BCUT2D eigenvalue weighted by Crippen LogP contribution is 2.28. The molecule has 0 aliphatic heterocycles. The van der Waals surface area contributed by atoms with E-state index in [1.165, 1.54) is 6.92 Å². The van der Waals surface area contributed by atoms with Crippen molar-refractivity contribution in [2.75, 3.05) is 5.73 Å². The van der Waals surface area contributed by atoms with Crippen molar-refractivity contribution in [2.45, 2.75) is 13.0 Å². The van der Waals surface area contributed by atoms with Crippen LogP contribution in [-0.4, -0.2) is 23.0 Å². The zero-order valence-corrected chi connectivity index (χ0v) is 10.8. The number of rotatable bonds is 3. The van der Waals surface area contributed by atoms with Gasteiger partial charge in [-0.15, -0.1) is 0 Å². The lowest BCUT2D eigenvalue weighted by molar-refractivity contribution is -0.126. The third kappa shape index (κ3) is 2.77. The largest absolute Gasteiger partial charge is 0.480 e. The van der Waals surface area contributed by atoms with Gasteiger partial charge in [0, 0.05) is 11.6 Å². The summed E-state index contributed by atoms with van der Waals surface area (Å²) >= 11 is 0. The molecule has 0 bridgehead atoms. The maximum absolute atomic E-state index is 11.6. The molecule has 104 valence electrons. The van der Waals surface area contributed by atoms with Crippen LogP contribution in [0.2, 0.25) is 0 Å². The van der Waals surface area contributed by atoms with Crippen molar-refractivity contribution >= 4 is 28.5 Å². The predicted molar refractivity (Wildman–Crippen MR) is 74.0 cm³/mol. The highest BCUT2D eigenvalue weighted by Gasteiger charge is 2.17. The van der Waals surface area contributed by atoms with E-state index in [1.807, 2.05) is 5.32 Å². The molecular weight excluding hydrogens is 260 g/mol. The van der Waals surface area contributed by atoms with Gasteiger partial charge in [0.2, 0.25) is 0 Å². The molecule has 2 aromatic rings. The summed E-state index contributed by atoms with van der Waals surface area (Å²) in [7, 11) is 0. The third-order valence-electron chi connectivity index (χ3n) is 2.68. The van der Waals surface area contributed by atoms with Crippen LogP contribution in [0.3, 0.4) is 0 Å². The maximum atomic E-state index is 11.6. The van der Waals surface area contributed by atoms with Gasteiger partial charge in [-0.05, 0) is 31.2 Å². The lowest BCUT2D eigenvalue weighted by Gasteiger charge is -2.15. The van der Waals surface area contributed by atoms with Crippen LogP contribution in [-0.2, 0) is 4.79 Å². The number of hydrogen-bond acceptors (Lipinski definition) is 5. The van der Waals surface area contributed by atoms with Gasteiger partial charge in [0.15, 0.2) is 6.10 Å². The second-order valence-corrected chi connectivity index (χ2v) is 4.17. The zero-order valence-electron chi connectivity index (χ0n) is 10.8. The number of aromatic nitrogens is 1. The Kier molecular flexibility index (Phi) is 3.69. The van der Waals surface area contributed by atoms with Gasteiger partial charge in [0.05, 0.1) is 11.2 Å². The first kappa shape index (κ1) is 13.6. The summed E-state index contributed by atoms with van der Waals surface area (Å²) in [5.41, 5.74) is 11.8. The van der Waals surface area contributed by atoms with E-state index >= 15 is 0 Å². The van der Waals surface area contributed by atoms with Crippen LogP contribution in [0, 0.1) is 0 Å². The number of fused-ring (bicyclic) bond motifs is 1. The summed E-state index contributed by atoms with van der Waals surface area (Å²) in [4.78, 5) is 26.4. The minimum atomic E-state index is -0.922. The van der Waals surface area contributed by atoms with E-state index < -0.39 is 18.0 Å². The fraction of sp³-hybridized carbons (Fsp3) is 0.154. The number of urea groups is 1. The van der Waals surface area contributed by atoms with Crippen molar-refractivity contribution in [3.8, 4) is 5.75 Å². The fourth-order valence-corrected chi connectivity index (χ4v) is 1.74. The lowest BCUT2D eigenvalue weighted by Crippen LogP contribution is -2.42. The highest BCUT2D eigenvalue weighted by molar-refractivity contribution is 5.97. The number of hydrogen-bond donors (Lipinski definition) is 3. The van der Waals surface area contributed by atoms with Gasteiger partial charge in [-0.2, -0.15) is 0 Å². The van der Waals surface area contributed by atoms with E-state index in [9.17, 15) is 9.59 Å². The number of ether oxygens (including phenoxy) is 1. The predicted octanol–water partition coefficient (Wildman–Crippen LogP) is 0.779. The van der Waals surface area contributed by atoms with Crippen molar-refractivity contribution in [1.29, 1.82) is 0 Å². The molecule has 0 spiro atoms. The number of primary amides is 1. The van der Waals surface area contributed by atoms with Crippen LogP contribution in [0.4, 0.5) is 10.5 Å². The summed E-state index contributed by atoms with van der Waals surface area (Å²) in [5, 5.41) is 2.64. The minimum Gasteiger partial charge on any atom is -0.480 e. The smallest absolute Gasteiger partial charge is 0.318 e. The van der Waals surface area contributed by atoms with E-state index in [0.29, 0.717) is 22.3 Å². The molecule has 0 radical (unpaired) electrons. The average molecular weight is 274 g/mol. The number of nitrogen functional groups attached to an aromatic ring is 1. The van der Waals surface area contributed by atoms with Crippen LogP contribution >= 0.6 is 0 Å². The molecule has 1 atom stereocenters. The summed E-state index contributed by atoms with van der Waals surface area (Å²) in [6.07, 6.45) is 0.737. The molecule has 1 heterocycles. The number of carbonyl (C=O) groups is 2. The van der Waals surface area contributed by atoms with E-state index in [2.05, 4.69) is 4.98 Å². The monoisotopic (exact) mass is 274 g/mol. The number of anilines is 1. The number of nitrogens with one attached hydrogen (secondary N) is 1. The second kappa shape index (κ2) is 5.43. The molecule has 5 N–H and O–H groups in total. The van der Waals surface area contributed by atoms with Crippen LogP contribution in [0.5, 0.6) is 5.75 Å². The molecule has 2 rings (SSSR count). The molecular formula is C13H14N4O3. The Hall–Kier alpha value is -2.83. The number of nitrogens with two attached hydrogens (primary N) is 2. The molecule has 0 saturated carbocycles. The fourth-order valence-electron chi connectivity index (χ4n) is 1.74. The van der Waals surface area contributed by atoms with E-state index in [-0.39, 0.29) is 0 Å². The average Bonchev–Trinajstić information content (AvgIpc) is 2.41. The third-order valence-corrected chi connectivity index (χ3v) is 2.68. The van der Waals surface area contributed by atoms with Gasteiger partial charge in [-0.1, -0.05) is 0 Å².